The van der Waals surface area contributed by atoms with Crippen LogP contribution >= 0.6 is 0 Å². The number of aliphatic hydroxyl groups is 1. The third-order valence-electron chi connectivity index (χ3n) is 5.25. The van der Waals surface area contributed by atoms with Crippen molar-refractivity contribution in [3.8, 4) is 6.07 Å². The van der Waals surface area contributed by atoms with Crippen LogP contribution in [0, 0.1) is 23.2 Å². The first kappa shape index (κ1) is 13.8. The molecule has 3 rings (SSSR count). The van der Waals surface area contributed by atoms with Crippen LogP contribution < -0.4 is 5.32 Å². The predicted octanol–water partition coefficient (Wildman–Crippen LogP) is 0.640. The number of likely N-dealkylation sites (tertiary alicyclic amines) is 1. The van der Waals surface area contributed by atoms with E-state index in [1.54, 1.807) is 4.90 Å². The third-order valence-corrected chi connectivity index (χ3v) is 5.25. The lowest BCUT2D eigenvalue weighted by Crippen LogP contribution is -2.43. The summed E-state index contributed by atoms with van der Waals surface area (Å²) in [6, 6.07) is 2.40. The van der Waals surface area contributed by atoms with Gasteiger partial charge in [0.1, 0.15) is 6.04 Å². The normalized spacial score (nSPS) is 39.8. The van der Waals surface area contributed by atoms with Gasteiger partial charge in [-0.3, -0.25) is 4.79 Å². The van der Waals surface area contributed by atoms with Crippen LogP contribution in [0.4, 0.5) is 0 Å². The smallest absolute Gasteiger partial charge is 0.237 e. The molecule has 1 saturated heterocycles. The van der Waals surface area contributed by atoms with Crippen LogP contribution in [-0.4, -0.2) is 47.2 Å². The Balaban J connectivity index is 1.44. The maximum atomic E-state index is 12.1. The van der Waals surface area contributed by atoms with Gasteiger partial charge in [0, 0.05) is 12.6 Å². The molecular formula is C15H23N3O2. The molecule has 3 aliphatic rings. The van der Waals surface area contributed by atoms with E-state index in [1.165, 1.54) is 0 Å². The maximum absolute atomic E-state index is 12.1. The van der Waals surface area contributed by atoms with E-state index in [1.807, 2.05) is 0 Å². The standard InChI is InChI=1S/C15H23N3O2/c16-8-13-2-1-3-18(13)15(20)9-17-12-4-10-6-14(19)7-11(10)5-12/h10-14,17,19H,1-7,9H2/t10-,11+,12-,13-,14+/m0/s1. The monoisotopic (exact) mass is 277 g/mol. The van der Waals surface area contributed by atoms with Gasteiger partial charge in [-0.1, -0.05) is 0 Å². The molecule has 1 amide bonds. The highest BCUT2D eigenvalue weighted by Gasteiger charge is 2.41. The first-order valence-corrected chi connectivity index (χ1v) is 7.78. The van der Waals surface area contributed by atoms with Crippen molar-refractivity contribution >= 4 is 5.91 Å². The van der Waals surface area contributed by atoms with Gasteiger partial charge in [-0.05, 0) is 50.4 Å². The molecule has 2 aliphatic carbocycles. The second kappa shape index (κ2) is 5.71. The van der Waals surface area contributed by atoms with Gasteiger partial charge in [-0.25, -0.2) is 0 Å². The number of amides is 1. The molecule has 5 nitrogen and oxygen atoms in total. The summed E-state index contributed by atoms with van der Waals surface area (Å²) in [5, 5.41) is 22.0. The Bertz CT molecular complexity index is 406. The number of nitriles is 1. The van der Waals surface area contributed by atoms with Crippen LogP contribution in [0.2, 0.25) is 0 Å². The topological polar surface area (TPSA) is 76.4 Å². The van der Waals surface area contributed by atoms with Crippen molar-refractivity contribution in [3.63, 3.8) is 0 Å². The number of nitrogens with zero attached hydrogens (tertiary/aromatic N) is 2. The second-order valence-electron chi connectivity index (χ2n) is 6.57. The van der Waals surface area contributed by atoms with Crippen molar-refractivity contribution in [3.05, 3.63) is 0 Å². The average Bonchev–Trinajstić information content (AvgIpc) is 3.08. The van der Waals surface area contributed by atoms with Crippen LogP contribution in [0.25, 0.3) is 0 Å². The fraction of sp³-hybridized carbons (Fsp3) is 0.867. The molecule has 20 heavy (non-hydrogen) atoms. The lowest BCUT2D eigenvalue weighted by Gasteiger charge is -2.21. The van der Waals surface area contributed by atoms with E-state index < -0.39 is 0 Å². The Labute approximate surface area is 119 Å². The fourth-order valence-corrected chi connectivity index (χ4v) is 4.28. The minimum Gasteiger partial charge on any atom is -0.393 e. The van der Waals surface area contributed by atoms with E-state index in [0.29, 0.717) is 24.4 Å². The molecule has 5 heteroatoms. The zero-order chi connectivity index (χ0) is 14.1. The number of aliphatic hydroxyl groups excluding tert-OH is 1. The van der Waals surface area contributed by atoms with Crippen LogP contribution in [0.15, 0.2) is 0 Å². The molecule has 3 fully saturated rings. The zero-order valence-electron chi connectivity index (χ0n) is 11.8. The van der Waals surface area contributed by atoms with Crippen molar-refractivity contribution in [2.75, 3.05) is 13.1 Å². The van der Waals surface area contributed by atoms with Gasteiger partial charge >= 0.3 is 0 Å². The molecule has 0 spiro atoms. The molecule has 2 saturated carbocycles. The first-order valence-electron chi connectivity index (χ1n) is 7.78. The lowest BCUT2D eigenvalue weighted by molar-refractivity contribution is -0.130. The number of carbonyl (C=O) groups is 1. The number of fused-ring (bicyclic) bond motifs is 1. The van der Waals surface area contributed by atoms with E-state index in [2.05, 4.69) is 11.4 Å². The van der Waals surface area contributed by atoms with Crippen LogP contribution in [0.5, 0.6) is 0 Å². The van der Waals surface area contributed by atoms with E-state index >= 15 is 0 Å². The van der Waals surface area contributed by atoms with Gasteiger partial charge in [0.15, 0.2) is 0 Å². The van der Waals surface area contributed by atoms with E-state index in [0.717, 1.165) is 45.1 Å². The largest absolute Gasteiger partial charge is 0.393 e. The number of nitrogens with one attached hydrogen (secondary N) is 1. The summed E-state index contributed by atoms with van der Waals surface area (Å²) in [4.78, 5) is 13.9. The number of rotatable bonds is 3. The van der Waals surface area contributed by atoms with Crippen molar-refractivity contribution in [1.82, 2.24) is 10.2 Å². The molecule has 0 unspecified atom stereocenters. The molecule has 0 radical (unpaired) electrons. The minimum atomic E-state index is -0.220. The number of hydrogen-bond donors (Lipinski definition) is 2. The summed E-state index contributed by atoms with van der Waals surface area (Å²) < 4.78 is 0. The van der Waals surface area contributed by atoms with Gasteiger partial charge < -0.3 is 15.3 Å². The summed E-state index contributed by atoms with van der Waals surface area (Å²) in [6.07, 6.45) is 5.67. The van der Waals surface area contributed by atoms with Crippen LogP contribution in [0.1, 0.15) is 38.5 Å². The summed E-state index contributed by atoms with van der Waals surface area (Å²) in [7, 11) is 0. The third kappa shape index (κ3) is 2.68. The van der Waals surface area contributed by atoms with Crippen molar-refractivity contribution in [1.29, 1.82) is 5.26 Å². The Morgan fingerprint density at radius 1 is 1.30 bits per heavy atom. The van der Waals surface area contributed by atoms with E-state index in [9.17, 15) is 9.90 Å². The van der Waals surface area contributed by atoms with Crippen LogP contribution in [-0.2, 0) is 4.79 Å². The highest BCUT2D eigenvalue weighted by molar-refractivity contribution is 5.79. The highest BCUT2D eigenvalue weighted by atomic mass is 16.3. The quantitative estimate of drug-likeness (QED) is 0.794. The molecule has 0 aromatic carbocycles. The molecule has 0 aromatic rings. The Kier molecular flexibility index (Phi) is 3.95. The summed E-state index contributed by atoms with van der Waals surface area (Å²) in [6.45, 7) is 1.08. The Hall–Kier alpha value is -1.12. The van der Waals surface area contributed by atoms with Gasteiger partial charge in [0.25, 0.3) is 0 Å². The summed E-state index contributed by atoms with van der Waals surface area (Å²) >= 11 is 0. The van der Waals surface area contributed by atoms with Gasteiger partial charge in [0.2, 0.25) is 5.91 Å². The lowest BCUT2D eigenvalue weighted by atomic mass is 10.0. The van der Waals surface area contributed by atoms with Crippen molar-refractivity contribution in [2.45, 2.75) is 56.7 Å². The van der Waals surface area contributed by atoms with Gasteiger partial charge in [-0.2, -0.15) is 5.26 Å². The second-order valence-corrected chi connectivity index (χ2v) is 6.57. The van der Waals surface area contributed by atoms with Crippen molar-refractivity contribution in [2.24, 2.45) is 11.8 Å². The molecule has 0 bridgehead atoms. The van der Waals surface area contributed by atoms with E-state index in [4.69, 9.17) is 5.26 Å². The molecule has 1 aliphatic heterocycles. The zero-order valence-corrected chi connectivity index (χ0v) is 11.8. The summed E-state index contributed by atoms with van der Waals surface area (Å²) in [5.41, 5.74) is 0. The Morgan fingerprint density at radius 3 is 2.65 bits per heavy atom. The van der Waals surface area contributed by atoms with E-state index in [-0.39, 0.29) is 18.1 Å². The molecular weight excluding hydrogens is 254 g/mol. The number of carbonyl (C=O) groups excluding carboxylic acids is 1. The molecule has 1 heterocycles. The first-order chi connectivity index (χ1) is 9.67. The molecule has 0 aromatic heterocycles. The maximum Gasteiger partial charge on any atom is 0.237 e. The molecule has 110 valence electrons. The molecule has 5 atom stereocenters. The SMILES string of the molecule is N#C[C@@H]1CCCN1C(=O)CN[C@H]1C[C@H]2C[C@@H](O)C[C@H]2C1. The van der Waals surface area contributed by atoms with Crippen LogP contribution in [0.3, 0.4) is 0 Å². The summed E-state index contributed by atoms with van der Waals surface area (Å²) in [5.74, 6) is 1.33. The fourth-order valence-electron chi connectivity index (χ4n) is 4.28. The Morgan fingerprint density at radius 2 is 2.00 bits per heavy atom. The highest BCUT2D eigenvalue weighted by Crippen LogP contribution is 2.44. The van der Waals surface area contributed by atoms with Gasteiger partial charge in [-0.15, -0.1) is 0 Å². The predicted molar refractivity (Wildman–Crippen MR) is 73.6 cm³/mol. The van der Waals surface area contributed by atoms with Crippen molar-refractivity contribution < 1.29 is 9.90 Å². The number of hydrogen-bond acceptors (Lipinski definition) is 4. The van der Waals surface area contributed by atoms with Gasteiger partial charge in [0.05, 0.1) is 18.7 Å². The average molecular weight is 277 g/mol. The molecule has 2 N–H and O–H groups in total. The minimum absolute atomic E-state index is 0.0612.